The molecule has 0 bridgehead atoms. The number of Topliss-reactive ketones (excluding diaryl/α,β-unsaturated/α-hetero) is 1. The number of rotatable bonds is 8. The highest BCUT2D eigenvalue weighted by atomic mass is 32.2. The summed E-state index contributed by atoms with van der Waals surface area (Å²) in [6, 6.07) is 15.6. The summed E-state index contributed by atoms with van der Waals surface area (Å²) in [6.07, 6.45) is -0.0699. The highest BCUT2D eigenvalue weighted by molar-refractivity contribution is 7.92. The zero-order valence-corrected chi connectivity index (χ0v) is 18.7. The first-order valence-corrected chi connectivity index (χ1v) is 11.9. The molecule has 4 rings (SSSR count). The lowest BCUT2D eigenvalue weighted by atomic mass is 10.1. The zero-order valence-electron chi connectivity index (χ0n) is 17.9. The number of carbonyl (C=O) groups excluding carboxylic acids is 2. The molecule has 176 valence electrons. The van der Waals surface area contributed by atoms with E-state index in [0.717, 1.165) is 0 Å². The fourth-order valence-corrected chi connectivity index (χ4v) is 4.33. The Morgan fingerprint density at radius 3 is 2.18 bits per heavy atom. The van der Waals surface area contributed by atoms with Crippen LogP contribution in [0.2, 0.25) is 0 Å². The highest BCUT2D eigenvalue weighted by Gasteiger charge is 2.19. The number of fused-ring (bicyclic) bond motifs is 1. The molecule has 0 unspecified atom stereocenters. The second-order valence-electron chi connectivity index (χ2n) is 7.47. The van der Waals surface area contributed by atoms with E-state index in [4.69, 9.17) is 9.47 Å². The maximum absolute atomic E-state index is 13.0. The maximum atomic E-state index is 13.0. The molecule has 2 N–H and O–H groups in total. The fourth-order valence-electron chi connectivity index (χ4n) is 3.26. The molecule has 0 saturated heterocycles. The van der Waals surface area contributed by atoms with Gasteiger partial charge < -0.3 is 14.8 Å². The number of nitrogens with one attached hydrogen (secondary N) is 2. The molecule has 8 nitrogen and oxygen atoms in total. The molecule has 1 heterocycles. The van der Waals surface area contributed by atoms with Gasteiger partial charge in [-0.1, -0.05) is 0 Å². The molecule has 0 atom stereocenters. The first-order valence-electron chi connectivity index (χ1n) is 10.4. The van der Waals surface area contributed by atoms with E-state index >= 15 is 0 Å². The van der Waals surface area contributed by atoms with Crippen LogP contribution in [0.15, 0.2) is 71.6 Å². The van der Waals surface area contributed by atoms with Gasteiger partial charge >= 0.3 is 0 Å². The van der Waals surface area contributed by atoms with Crippen LogP contribution in [0.1, 0.15) is 23.2 Å². The Bertz CT molecular complexity index is 1310. The topological polar surface area (TPSA) is 111 Å². The van der Waals surface area contributed by atoms with E-state index in [9.17, 15) is 22.4 Å². The lowest BCUT2D eigenvalue weighted by molar-refractivity contribution is -0.116. The minimum absolute atomic E-state index is 0.0229. The molecule has 10 heteroatoms. The summed E-state index contributed by atoms with van der Waals surface area (Å²) in [5.74, 6) is -0.222. The van der Waals surface area contributed by atoms with E-state index in [1.807, 2.05) is 0 Å². The Hall–Kier alpha value is -3.92. The van der Waals surface area contributed by atoms with Crippen molar-refractivity contribution < 1.29 is 31.9 Å². The number of sulfonamides is 1. The third kappa shape index (κ3) is 5.70. The molecule has 0 spiro atoms. The molecule has 0 radical (unpaired) electrons. The molecule has 0 fully saturated rings. The lowest BCUT2D eigenvalue weighted by Crippen LogP contribution is -2.17. The summed E-state index contributed by atoms with van der Waals surface area (Å²) < 4.78 is 51.7. The number of hydrogen-bond donors (Lipinski definition) is 2. The Morgan fingerprint density at radius 2 is 1.47 bits per heavy atom. The summed E-state index contributed by atoms with van der Waals surface area (Å²) in [7, 11) is -3.86. The van der Waals surface area contributed by atoms with Crippen molar-refractivity contribution in [1.29, 1.82) is 0 Å². The summed E-state index contributed by atoms with van der Waals surface area (Å²) in [5.41, 5.74) is 1.09. The highest BCUT2D eigenvalue weighted by Crippen LogP contribution is 2.32. The second-order valence-corrected chi connectivity index (χ2v) is 9.15. The predicted octanol–water partition coefficient (Wildman–Crippen LogP) is 4.00. The number of anilines is 2. The van der Waals surface area contributed by atoms with Gasteiger partial charge in [0.15, 0.2) is 17.3 Å². The number of benzene rings is 3. The third-order valence-electron chi connectivity index (χ3n) is 4.99. The Kier molecular flexibility index (Phi) is 6.78. The van der Waals surface area contributed by atoms with Crippen molar-refractivity contribution in [3.8, 4) is 11.5 Å². The van der Waals surface area contributed by atoms with E-state index in [1.54, 1.807) is 18.2 Å². The average Bonchev–Trinajstić information content (AvgIpc) is 2.84. The summed E-state index contributed by atoms with van der Waals surface area (Å²) in [5, 5.41) is 2.65. The first kappa shape index (κ1) is 23.2. The van der Waals surface area contributed by atoms with Crippen molar-refractivity contribution in [1.82, 2.24) is 0 Å². The number of halogens is 1. The van der Waals surface area contributed by atoms with Gasteiger partial charge in [0.2, 0.25) is 5.91 Å². The molecule has 1 aliphatic rings. The van der Waals surface area contributed by atoms with Crippen molar-refractivity contribution >= 4 is 33.1 Å². The Balaban J connectivity index is 1.32. The monoisotopic (exact) mass is 484 g/mol. The van der Waals surface area contributed by atoms with Crippen LogP contribution in [0.5, 0.6) is 11.5 Å². The van der Waals surface area contributed by atoms with Gasteiger partial charge in [0.25, 0.3) is 10.0 Å². The van der Waals surface area contributed by atoms with Crippen molar-refractivity contribution in [2.75, 3.05) is 23.3 Å². The quantitative estimate of drug-likeness (QED) is 0.468. The summed E-state index contributed by atoms with van der Waals surface area (Å²) in [6.45, 7) is 0.752. The number of carbonyl (C=O) groups is 2. The molecule has 34 heavy (non-hydrogen) atoms. The van der Waals surface area contributed by atoms with Gasteiger partial charge in [0, 0.05) is 35.8 Å². The SMILES string of the molecule is O=C(CCC(=O)c1ccc(F)cc1)Nc1ccc(NS(=O)(=O)c2ccc3c(c2)OCCO3)cc1. The molecule has 1 amide bonds. The zero-order chi connectivity index (χ0) is 24.1. The van der Waals surface area contributed by atoms with Crippen molar-refractivity contribution in [2.24, 2.45) is 0 Å². The van der Waals surface area contributed by atoms with E-state index in [2.05, 4.69) is 10.0 Å². The molecule has 0 aromatic heterocycles. The van der Waals surface area contributed by atoms with E-state index < -0.39 is 15.8 Å². The maximum Gasteiger partial charge on any atom is 0.262 e. The number of hydrogen-bond acceptors (Lipinski definition) is 6. The smallest absolute Gasteiger partial charge is 0.262 e. The number of ketones is 1. The molecular formula is C24H21FN2O6S. The Labute approximate surface area is 195 Å². The molecule has 3 aromatic carbocycles. The molecular weight excluding hydrogens is 463 g/mol. The number of amides is 1. The lowest BCUT2D eigenvalue weighted by Gasteiger charge is -2.19. The van der Waals surface area contributed by atoms with Crippen LogP contribution in [0, 0.1) is 5.82 Å². The van der Waals surface area contributed by atoms with E-state index in [1.165, 1.54) is 48.5 Å². The van der Waals surface area contributed by atoms with E-state index in [-0.39, 0.29) is 29.4 Å². The largest absolute Gasteiger partial charge is 0.486 e. The molecule has 1 aliphatic heterocycles. The predicted molar refractivity (Wildman–Crippen MR) is 123 cm³/mol. The minimum atomic E-state index is -3.86. The van der Waals surface area contributed by atoms with Crippen LogP contribution in [-0.4, -0.2) is 33.3 Å². The van der Waals surface area contributed by atoms with Gasteiger partial charge in [-0.2, -0.15) is 0 Å². The van der Waals surface area contributed by atoms with Crippen molar-refractivity contribution in [2.45, 2.75) is 17.7 Å². The van der Waals surface area contributed by atoms with Crippen LogP contribution in [0.4, 0.5) is 15.8 Å². The van der Waals surface area contributed by atoms with Gasteiger partial charge in [-0.05, 0) is 60.7 Å². The molecule has 0 saturated carbocycles. The third-order valence-corrected chi connectivity index (χ3v) is 6.37. The van der Waals surface area contributed by atoms with Crippen LogP contribution in [-0.2, 0) is 14.8 Å². The van der Waals surface area contributed by atoms with Crippen LogP contribution < -0.4 is 19.5 Å². The Morgan fingerprint density at radius 1 is 0.824 bits per heavy atom. The molecule has 3 aromatic rings. The minimum Gasteiger partial charge on any atom is -0.486 e. The molecule has 0 aliphatic carbocycles. The second kappa shape index (κ2) is 9.92. The van der Waals surface area contributed by atoms with Crippen LogP contribution >= 0.6 is 0 Å². The van der Waals surface area contributed by atoms with Crippen molar-refractivity contribution in [3.63, 3.8) is 0 Å². The van der Waals surface area contributed by atoms with Gasteiger partial charge in [0.05, 0.1) is 4.90 Å². The normalized spacial score (nSPS) is 12.6. The van der Waals surface area contributed by atoms with Crippen molar-refractivity contribution in [3.05, 3.63) is 78.1 Å². The van der Waals surface area contributed by atoms with Crippen LogP contribution in [0.3, 0.4) is 0 Å². The average molecular weight is 485 g/mol. The van der Waals surface area contributed by atoms with Gasteiger partial charge in [-0.3, -0.25) is 14.3 Å². The standard InChI is InChI=1S/C24H21FN2O6S/c25-17-3-1-16(2-4-17)21(28)10-12-24(29)26-18-5-7-19(8-6-18)27-34(30,31)20-9-11-22-23(15-20)33-14-13-32-22/h1-9,11,15,27H,10,12-14H2,(H,26,29). The number of ether oxygens (including phenoxy) is 2. The van der Waals surface area contributed by atoms with Crippen LogP contribution in [0.25, 0.3) is 0 Å². The fraction of sp³-hybridized carbons (Fsp3) is 0.167. The van der Waals surface area contributed by atoms with Gasteiger partial charge in [-0.15, -0.1) is 0 Å². The summed E-state index contributed by atoms with van der Waals surface area (Å²) in [4.78, 5) is 24.3. The van der Waals surface area contributed by atoms with Gasteiger partial charge in [0.1, 0.15) is 19.0 Å². The van der Waals surface area contributed by atoms with E-state index in [0.29, 0.717) is 41.7 Å². The van der Waals surface area contributed by atoms with Gasteiger partial charge in [-0.25, -0.2) is 12.8 Å². The first-order chi connectivity index (χ1) is 16.3. The summed E-state index contributed by atoms with van der Waals surface area (Å²) >= 11 is 0.